The second kappa shape index (κ2) is 3.87. The summed E-state index contributed by atoms with van der Waals surface area (Å²) in [5.74, 6) is 0.207. The molecule has 14 heavy (non-hydrogen) atoms. The Labute approximate surface area is 85.0 Å². The third kappa shape index (κ3) is 1.42. The molecule has 1 amide bonds. The number of nitrogens with one attached hydrogen (secondary N) is 2. The van der Waals surface area contributed by atoms with Gasteiger partial charge in [-0.15, -0.1) is 0 Å². The van der Waals surface area contributed by atoms with Crippen LogP contribution in [-0.2, 0) is 4.79 Å². The van der Waals surface area contributed by atoms with Gasteiger partial charge in [0.05, 0.1) is 0 Å². The van der Waals surface area contributed by atoms with Crippen LogP contribution in [-0.4, -0.2) is 49.6 Å². The van der Waals surface area contributed by atoms with E-state index in [4.69, 9.17) is 0 Å². The van der Waals surface area contributed by atoms with Crippen molar-refractivity contribution < 1.29 is 4.79 Å². The van der Waals surface area contributed by atoms with Crippen molar-refractivity contribution in [1.29, 1.82) is 0 Å². The third-order valence-electron chi connectivity index (χ3n) is 3.54. The zero-order chi connectivity index (χ0) is 10.0. The Balaban J connectivity index is 2.13. The summed E-state index contributed by atoms with van der Waals surface area (Å²) in [6, 6.07) is 0. The van der Waals surface area contributed by atoms with Crippen LogP contribution < -0.4 is 10.6 Å². The minimum Gasteiger partial charge on any atom is -0.358 e. The molecule has 0 atom stereocenters. The van der Waals surface area contributed by atoms with E-state index < -0.39 is 0 Å². The zero-order valence-corrected chi connectivity index (χ0v) is 8.81. The maximum Gasteiger partial charge on any atom is 0.240 e. The number of likely N-dealkylation sites (N-methyl/N-ethyl adjacent to an activating group) is 1. The summed E-state index contributed by atoms with van der Waals surface area (Å²) in [6.45, 7) is 4.11. The summed E-state index contributed by atoms with van der Waals surface area (Å²) in [5, 5.41) is 6.13. The van der Waals surface area contributed by atoms with Crippen molar-refractivity contribution >= 4 is 5.91 Å². The van der Waals surface area contributed by atoms with E-state index in [0.717, 1.165) is 39.0 Å². The zero-order valence-electron chi connectivity index (χ0n) is 8.81. The highest BCUT2D eigenvalue weighted by Crippen LogP contribution is 2.30. The van der Waals surface area contributed by atoms with Crippen LogP contribution in [0.3, 0.4) is 0 Å². The van der Waals surface area contributed by atoms with Gasteiger partial charge in [-0.25, -0.2) is 0 Å². The summed E-state index contributed by atoms with van der Waals surface area (Å²) >= 11 is 0. The number of carbonyl (C=O) groups is 1. The van der Waals surface area contributed by atoms with Crippen molar-refractivity contribution in [3.63, 3.8) is 0 Å². The number of nitrogens with zero attached hydrogens (tertiary/aromatic N) is 1. The molecule has 0 radical (unpaired) electrons. The molecule has 0 aromatic heterocycles. The molecule has 4 heteroatoms. The fourth-order valence-electron chi connectivity index (χ4n) is 2.50. The number of hydrogen-bond donors (Lipinski definition) is 2. The molecule has 2 N–H and O–H groups in total. The lowest BCUT2D eigenvalue weighted by Gasteiger charge is -2.49. The topological polar surface area (TPSA) is 44.4 Å². The Kier molecular flexibility index (Phi) is 2.74. The van der Waals surface area contributed by atoms with E-state index >= 15 is 0 Å². The van der Waals surface area contributed by atoms with E-state index in [2.05, 4.69) is 15.5 Å². The van der Waals surface area contributed by atoms with Gasteiger partial charge in [-0.2, -0.15) is 0 Å². The number of rotatable bonds is 2. The first-order chi connectivity index (χ1) is 6.79. The minimum absolute atomic E-state index is 0.196. The number of likely N-dealkylation sites (tertiary alicyclic amines) is 1. The molecule has 4 nitrogen and oxygen atoms in total. The SMILES string of the molecule is CNC(=O)C1(N2CCC2)CCNCC1. The highest BCUT2D eigenvalue weighted by atomic mass is 16.2. The molecule has 2 aliphatic heterocycles. The predicted molar refractivity (Wildman–Crippen MR) is 55.1 cm³/mol. The van der Waals surface area contributed by atoms with Gasteiger partial charge in [0.2, 0.25) is 5.91 Å². The van der Waals surface area contributed by atoms with Gasteiger partial charge >= 0.3 is 0 Å². The molecule has 2 saturated heterocycles. The Morgan fingerprint density at radius 3 is 2.43 bits per heavy atom. The van der Waals surface area contributed by atoms with Crippen molar-refractivity contribution in [2.24, 2.45) is 0 Å². The second-order valence-electron chi connectivity index (χ2n) is 4.20. The summed E-state index contributed by atoms with van der Waals surface area (Å²) in [5.41, 5.74) is -0.196. The smallest absolute Gasteiger partial charge is 0.240 e. The van der Waals surface area contributed by atoms with Crippen molar-refractivity contribution in [3.05, 3.63) is 0 Å². The monoisotopic (exact) mass is 197 g/mol. The van der Waals surface area contributed by atoms with E-state index in [9.17, 15) is 4.79 Å². The van der Waals surface area contributed by atoms with Crippen LogP contribution in [0, 0.1) is 0 Å². The van der Waals surface area contributed by atoms with Gasteiger partial charge in [-0.05, 0) is 32.4 Å². The Morgan fingerprint density at radius 1 is 1.36 bits per heavy atom. The first-order valence-electron chi connectivity index (χ1n) is 5.47. The second-order valence-corrected chi connectivity index (χ2v) is 4.20. The van der Waals surface area contributed by atoms with E-state index in [1.54, 1.807) is 7.05 Å². The summed E-state index contributed by atoms with van der Waals surface area (Å²) < 4.78 is 0. The fraction of sp³-hybridized carbons (Fsp3) is 0.900. The van der Waals surface area contributed by atoms with Crippen molar-refractivity contribution in [2.45, 2.75) is 24.8 Å². The normalized spacial score (nSPS) is 26.6. The van der Waals surface area contributed by atoms with E-state index in [0.29, 0.717) is 0 Å². The van der Waals surface area contributed by atoms with Crippen LogP contribution in [0.5, 0.6) is 0 Å². The lowest BCUT2D eigenvalue weighted by atomic mass is 9.83. The Bertz CT molecular complexity index is 219. The number of hydrogen-bond acceptors (Lipinski definition) is 3. The first kappa shape index (κ1) is 9.93. The average Bonchev–Trinajstić information content (AvgIpc) is 2.15. The molecular formula is C10H19N3O. The number of piperidine rings is 1. The molecule has 2 aliphatic rings. The number of amides is 1. The molecule has 0 aliphatic carbocycles. The maximum atomic E-state index is 11.9. The maximum absolute atomic E-state index is 11.9. The van der Waals surface area contributed by atoms with Crippen molar-refractivity contribution in [1.82, 2.24) is 15.5 Å². The van der Waals surface area contributed by atoms with Gasteiger partial charge in [0.25, 0.3) is 0 Å². The molecule has 2 heterocycles. The van der Waals surface area contributed by atoms with E-state index in [1.807, 2.05) is 0 Å². The highest BCUT2D eigenvalue weighted by molar-refractivity contribution is 5.86. The van der Waals surface area contributed by atoms with Gasteiger partial charge in [0.15, 0.2) is 0 Å². The molecular weight excluding hydrogens is 178 g/mol. The molecule has 0 unspecified atom stereocenters. The lowest BCUT2D eigenvalue weighted by Crippen LogP contribution is -2.65. The fourth-order valence-corrected chi connectivity index (χ4v) is 2.50. The van der Waals surface area contributed by atoms with Crippen molar-refractivity contribution in [2.75, 3.05) is 33.2 Å². The predicted octanol–water partition coefficient (Wildman–Crippen LogP) is -0.440. The molecule has 0 spiro atoms. The van der Waals surface area contributed by atoms with Crippen molar-refractivity contribution in [3.8, 4) is 0 Å². The third-order valence-corrected chi connectivity index (χ3v) is 3.54. The molecule has 0 bridgehead atoms. The summed E-state index contributed by atoms with van der Waals surface area (Å²) in [4.78, 5) is 14.3. The molecule has 80 valence electrons. The van der Waals surface area contributed by atoms with Gasteiger partial charge in [-0.3, -0.25) is 9.69 Å². The number of carbonyl (C=O) groups excluding carboxylic acids is 1. The lowest BCUT2D eigenvalue weighted by molar-refractivity contribution is -0.138. The first-order valence-corrected chi connectivity index (χ1v) is 5.47. The van der Waals surface area contributed by atoms with Gasteiger partial charge in [-0.1, -0.05) is 0 Å². The van der Waals surface area contributed by atoms with E-state index in [1.165, 1.54) is 6.42 Å². The molecule has 0 aromatic carbocycles. The molecule has 2 fully saturated rings. The Hall–Kier alpha value is -0.610. The summed E-state index contributed by atoms with van der Waals surface area (Å²) in [6.07, 6.45) is 3.14. The molecule has 0 aromatic rings. The quantitative estimate of drug-likeness (QED) is 0.631. The van der Waals surface area contributed by atoms with Gasteiger partial charge in [0.1, 0.15) is 5.54 Å². The van der Waals surface area contributed by atoms with Gasteiger partial charge in [0, 0.05) is 20.1 Å². The minimum atomic E-state index is -0.196. The van der Waals surface area contributed by atoms with Crippen LogP contribution in [0.1, 0.15) is 19.3 Å². The largest absolute Gasteiger partial charge is 0.358 e. The van der Waals surface area contributed by atoms with Gasteiger partial charge < -0.3 is 10.6 Å². The van der Waals surface area contributed by atoms with Crippen LogP contribution in [0.4, 0.5) is 0 Å². The van der Waals surface area contributed by atoms with Crippen LogP contribution in [0.15, 0.2) is 0 Å². The van der Waals surface area contributed by atoms with Crippen LogP contribution >= 0.6 is 0 Å². The standard InChI is InChI=1S/C10H19N3O/c1-11-9(14)10(13-7-2-8-13)3-5-12-6-4-10/h12H,2-8H2,1H3,(H,11,14). The highest BCUT2D eigenvalue weighted by Gasteiger charge is 2.45. The van der Waals surface area contributed by atoms with Crippen LogP contribution in [0.25, 0.3) is 0 Å². The molecule has 0 saturated carbocycles. The van der Waals surface area contributed by atoms with Crippen LogP contribution in [0.2, 0.25) is 0 Å². The van der Waals surface area contributed by atoms with E-state index in [-0.39, 0.29) is 11.4 Å². The average molecular weight is 197 g/mol. The molecule has 2 rings (SSSR count). The Morgan fingerprint density at radius 2 is 2.00 bits per heavy atom. The summed E-state index contributed by atoms with van der Waals surface area (Å²) in [7, 11) is 1.74.